The number of carbonyl (C=O) groups excluding carboxylic acids is 2. The van der Waals surface area contributed by atoms with Gasteiger partial charge in [-0.05, 0) is 31.4 Å². The van der Waals surface area contributed by atoms with E-state index >= 15 is 0 Å². The van der Waals surface area contributed by atoms with Gasteiger partial charge in [-0.2, -0.15) is 0 Å². The molecule has 1 aliphatic rings. The molecule has 0 radical (unpaired) electrons. The molecule has 8 nitrogen and oxygen atoms in total. The third-order valence-corrected chi connectivity index (χ3v) is 6.91. The van der Waals surface area contributed by atoms with Crippen LogP contribution in [0.15, 0.2) is 53.7 Å². The molecule has 1 aliphatic heterocycles. The number of allylic oxidation sites excluding steroid dienone is 1. The van der Waals surface area contributed by atoms with Crippen LogP contribution in [0.1, 0.15) is 40.6 Å². The van der Waals surface area contributed by atoms with Crippen LogP contribution < -0.4 is 5.32 Å². The first kappa shape index (κ1) is 22.2. The van der Waals surface area contributed by atoms with Gasteiger partial charge in [0.05, 0.1) is 11.8 Å². The Hall–Kier alpha value is -2.98. The summed E-state index contributed by atoms with van der Waals surface area (Å²) in [6.07, 6.45) is 5.14. The summed E-state index contributed by atoms with van der Waals surface area (Å²) in [7, 11) is 0. The predicted octanol–water partition coefficient (Wildman–Crippen LogP) is 3.94. The Morgan fingerprint density at radius 3 is 2.94 bits per heavy atom. The SMILES string of the molecule is C=CCn1c(SCC(=O)Nc2nccs2)nnc1C1CCCN1C(=O)c1ccccc1C. The normalized spacial score (nSPS) is 15.7. The summed E-state index contributed by atoms with van der Waals surface area (Å²) in [5, 5.41) is 14.5. The van der Waals surface area contributed by atoms with E-state index in [9.17, 15) is 9.59 Å². The summed E-state index contributed by atoms with van der Waals surface area (Å²) in [4.78, 5) is 31.5. The fourth-order valence-electron chi connectivity index (χ4n) is 3.77. The monoisotopic (exact) mass is 468 g/mol. The Labute approximate surface area is 194 Å². The number of nitrogens with one attached hydrogen (secondary N) is 1. The van der Waals surface area contributed by atoms with Gasteiger partial charge in [0.2, 0.25) is 5.91 Å². The zero-order chi connectivity index (χ0) is 22.5. The first-order chi connectivity index (χ1) is 15.6. The topological polar surface area (TPSA) is 93.0 Å². The van der Waals surface area contributed by atoms with Gasteiger partial charge in [-0.3, -0.25) is 9.59 Å². The van der Waals surface area contributed by atoms with Gasteiger partial charge in [-0.15, -0.1) is 28.1 Å². The molecule has 2 aromatic heterocycles. The molecule has 0 bridgehead atoms. The summed E-state index contributed by atoms with van der Waals surface area (Å²) in [5.41, 5.74) is 1.67. The van der Waals surface area contributed by atoms with E-state index in [1.54, 1.807) is 17.7 Å². The van der Waals surface area contributed by atoms with Crippen LogP contribution in [0.25, 0.3) is 0 Å². The molecule has 166 valence electrons. The van der Waals surface area contributed by atoms with Crippen molar-refractivity contribution in [1.29, 1.82) is 0 Å². The minimum Gasteiger partial charge on any atom is -0.328 e. The van der Waals surface area contributed by atoms with Crippen molar-refractivity contribution in [2.45, 2.75) is 37.5 Å². The van der Waals surface area contributed by atoms with Crippen LogP contribution in [-0.4, -0.2) is 48.8 Å². The van der Waals surface area contributed by atoms with Gasteiger partial charge in [0.15, 0.2) is 16.1 Å². The van der Waals surface area contributed by atoms with Crippen molar-refractivity contribution < 1.29 is 9.59 Å². The van der Waals surface area contributed by atoms with Crippen LogP contribution in [0.3, 0.4) is 0 Å². The van der Waals surface area contributed by atoms with Crippen molar-refractivity contribution in [1.82, 2.24) is 24.6 Å². The highest BCUT2D eigenvalue weighted by Gasteiger charge is 2.35. The zero-order valence-corrected chi connectivity index (χ0v) is 19.4. The fraction of sp³-hybridized carbons (Fsp3) is 0.318. The Morgan fingerprint density at radius 2 is 2.19 bits per heavy atom. The third kappa shape index (κ3) is 4.76. The van der Waals surface area contributed by atoms with E-state index in [-0.39, 0.29) is 23.6 Å². The molecular formula is C22H24N6O2S2. The van der Waals surface area contributed by atoms with E-state index in [0.717, 1.165) is 24.2 Å². The lowest BCUT2D eigenvalue weighted by molar-refractivity contribution is -0.113. The zero-order valence-electron chi connectivity index (χ0n) is 17.7. The maximum Gasteiger partial charge on any atom is 0.254 e. The van der Waals surface area contributed by atoms with Crippen molar-refractivity contribution in [3.8, 4) is 0 Å². The molecule has 1 fully saturated rings. The lowest BCUT2D eigenvalue weighted by Gasteiger charge is -2.25. The van der Waals surface area contributed by atoms with Crippen LogP contribution in [0, 0.1) is 6.92 Å². The lowest BCUT2D eigenvalue weighted by Crippen LogP contribution is -2.32. The van der Waals surface area contributed by atoms with E-state index in [1.165, 1.54) is 23.1 Å². The average molecular weight is 469 g/mol. The summed E-state index contributed by atoms with van der Waals surface area (Å²) in [6.45, 7) is 6.98. The van der Waals surface area contributed by atoms with Gasteiger partial charge >= 0.3 is 0 Å². The van der Waals surface area contributed by atoms with Crippen molar-refractivity contribution in [2.24, 2.45) is 0 Å². The maximum atomic E-state index is 13.3. The molecule has 4 rings (SSSR count). The molecule has 1 N–H and O–H groups in total. The number of benzene rings is 1. The molecule has 1 atom stereocenters. The highest BCUT2D eigenvalue weighted by atomic mass is 32.2. The van der Waals surface area contributed by atoms with E-state index in [2.05, 4.69) is 27.1 Å². The molecule has 2 amide bonds. The number of carbonyl (C=O) groups is 2. The quantitative estimate of drug-likeness (QED) is 0.398. The number of rotatable bonds is 8. The second kappa shape index (κ2) is 10.1. The standard InChI is InChI=1S/C22H24N6O2S2/c1-3-11-28-19(25-26-22(28)32-14-18(29)24-21-23-10-13-31-21)17-9-6-12-27(17)20(30)16-8-5-4-7-15(16)2/h3-5,7-8,10,13,17H,1,6,9,11-12,14H2,2H3,(H,23,24,29). The van der Waals surface area contributed by atoms with Crippen molar-refractivity contribution in [3.63, 3.8) is 0 Å². The van der Waals surface area contributed by atoms with Crippen molar-refractivity contribution in [2.75, 3.05) is 17.6 Å². The number of likely N-dealkylation sites (tertiary alicyclic amines) is 1. The van der Waals surface area contributed by atoms with Gasteiger partial charge in [-0.25, -0.2) is 4.98 Å². The number of thioether (sulfide) groups is 1. The number of hydrogen-bond acceptors (Lipinski definition) is 7. The number of nitrogens with zero attached hydrogens (tertiary/aromatic N) is 5. The Bertz CT molecular complexity index is 1110. The molecule has 1 aromatic carbocycles. The number of thiazole rings is 1. The van der Waals surface area contributed by atoms with E-state index < -0.39 is 0 Å². The molecule has 32 heavy (non-hydrogen) atoms. The summed E-state index contributed by atoms with van der Waals surface area (Å²) >= 11 is 2.68. The summed E-state index contributed by atoms with van der Waals surface area (Å²) < 4.78 is 1.95. The summed E-state index contributed by atoms with van der Waals surface area (Å²) in [5.74, 6) is 0.769. The molecule has 3 heterocycles. The third-order valence-electron chi connectivity index (χ3n) is 5.26. The molecule has 1 unspecified atom stereocenters. The van der Waals surface area contributed by atoms with Crippen LogP contribution in [0.5, 0.6) is 0 Å². The van der Waals surface area contributed by atoms with Gasteiger partial charge < -0.3 is 14.8 Å². The molecule has 10 heteroatoms. The fourth-order valence-corrected chi connectivity index (χ4v) is 5.07. The van der Waals surface area contributed by atoms with Gasteiger partial charge in [0.1, 0.15) is 0 Å². The van der Waals surface area contributed by atoms with Crippen LogP contribution in [0.4, 0.5) is 5.13 Å². The lowest BCUT2D eigenvalue weighted by atomic mass is 10.1. The largest absolute Gasteiger partial charge is 0.328 e. The number of anilines is 1. The number of aryl methyl sites for hydroxylation is 1. The van der Waals surface area contributed by atoms with Crippen LogP contribution in [0.2, 0.25) is 0 Å². The Kier molecular flexibility index (Phi) is 7.01. The van der Waals surface area contributed by atoms with Gasteiger partial charge in [0.25, 0.3) is 5.91 Å². The van der Waals surface area contributed by atoms with E-state index in [4.69, 9.17) is 0 Å². The van der Waals surface area contributed by atoms with E-state index in [1.807, 2.05) is 40.7 Å². The van der Waals surface area contributed by atoms with Crippen LogP contribution >= 0.6 is 23.1 Å². The average Bonchev–Trinajstić information content (AvgIpc) is 3.54. The highest BCUT2D eigenvalue weighted by molar-refractivity contribution is 7.99. The number of aromatic nitrogens is 4. The van der Waals surface area contributed by atoms with Crippen molar-refractivity contribution in [3.05, 3.63) is 65.4 Å². The predicted molar refractivity (Wildman–Crippen MR) is 126 cm³/mol. The first-order valence-electron chi connectivity index (χ1n) is 10.3. The number of amides is 2. The van der Waals surface area contributed by atoms with Crippen LogP contribution in [-0.2, 0) is 11.3 Å². The van der Waals surface area contributed by atoms with Gasteiger partial charge in [-0.1, -0.05) is 36.0 Å². The molecule has 0 saturated carbocycles. The van der Waals surface area contributed by atoms with E-state index in [0.29, 0.717) is 28.9 Å². The second-order valence-electron chi connectivity index (χ2n) is 7.39. The molecular weight excluding hydrogens is 444 g/mol. The number of hydrogen-bond donors (Lipinski definition) is 1. The Morgan fingerprint density at radius 1 is 1.34 bits per heavy atom. The minimum absolute atomic E-state index is 0.00998. The molecule has 0 spiro atoms. The second-order valence-corrected chi connectivity index (χ2v) is 9.22. The minimum atomic E-state index is -0.159. The maximum absolute atomic E-state index is 13.3. The highest BCUT2D eigenvalue weighted by Crippen LogP contribution is 2.34. The summed E-state index contributed by atoms with van der Waals surface area (Å²) in [6, 6.07) is 7.47. The molecule has 1 saturated heterocycles. The first-order valence-corrected chi connectivity index (χ1v) is 12.2. The molecule has 3 aromatic rings. The van der Waals surface area contributed by atoms with Crippen molar-refractivity contribution >= 4 is 40.0 Å². The molecule has 0 aliphatic carbocycles. The van der Waals surface area contributed by atoms with Gasteiger partial charge in [0, 0.05) is 30.2 Å². The Balaban J connectivity index is 1.52. The smallest absolute Gasteiger partial charge is 0.254 e.